The molecule has 7 heteroatoms. The minimum Gasteiger partial charge on any atom is -0.384 e. The Labute approximate surface area is 152 Å². The number of likely N-dealkylation sites (tertiary alicyclic amines) is 1. The Morgan fingerprint density at radius 1 is 1.26 bits per heavy atom. The highest BCUT2D eigenvalue weighted by molar-refractivity contribution is 5.85. The zero-order chi connectivity index (χ0) is 14.7. The van der Waals surface area contributed by atoms with Crippen molar-refractivity contribution >= 4 is 30.7 Å². The molecule has 1 atom stereocenters. The van der Waals surface area contributed by atoms with Crippen LogP contribution in [0.25, 0.3) is 0 Å². The second-order valence-electron chi connectivity index (χ2n) is 7.05. The lowest BCUT2D eigenvalue weighted by Crippen LogP contribution is -2.51. The van der Waals surface area contributed by atoms with Crippen LogP contribution >= 0.6 is 24.8 Å². The summed E-state index contributed by atoms with van der Waals surface area (Å²) in [4.78, 5) is 15.3. The van der Waals surface area contributed by atoms with E-state index in [1.54, 1.807) is 7.11 Å². The van der Waals surface area contributed by atoms with Crippen molar-refractivity contribution in [2.24, 2.45) is 11.3 Å². The fourth-order valence-electron chi connectivity index (χ4n) is 3.84. The SMILES string of the molecule is COCC1(C(=O)NCC2CCN(C3CC3)C2)CCNCC1.Cl.Cl. The summed E-state index contributed by atoms with van der Waals surface area (Å²) in [6.07, 6.45) is 5.75. The van der Waals surface area contributed by atoms with Gasteiger partial charge in [-0.3, -0.25) is 4.79 Å². The quantitative estimate of drug-likeness (QED) is 0.745. The second kappa shape index (κ2) is 9.42. The van der Waals surface area contributed by atoms with Crippen molar-refractivity contribution < 1.29 is 9.53 Å². The van der Waals surface area contributed by atoms with Gasteiger partial charge < -0.3 is 20.3 Å². The molecule has 3 rings (SSSR count). The van der Waals surface area contributed by atoms with Gasteiger partial charge in [-0.25, -0.2) is 0 Å². The summed E-state index contributed by atoms with van der Waals surface area (Å²) in [7, 11) is 1.70. The van der Waals surface area contributed by atoms with Crippen LogP contribution < -0.4 is 10.6 Å². The Morgan fingerprint density at radius 3 is 2.57 bits per heavy atom. The van der Waals surface area contributed by atoms with Crippen LogP contribution in [0.3, 0.4) is 0 Å². The summed E-state index contributed by atoms with van der Waals surface area (Å²) in [6.45, 7) is 5.59. The molecule has 23 heavy (non-hydrogen) atoms. The van der Waals surface area contributed by atoms with E-state index < -0.39 is 0 Å². The number of nitrogens with one attached hydrogen (secondary N) is 2. The van der Waals surface area contributed by atoms with E-state index in [1.807, 2.05) is 0 Å². The number of carbonyl (C=O) groups excluding carboxylic acids is 1. The average Bonchev–Trinajstić information content (AvgIpc) is 3.25. The highest BCUT2D eigenvalue weighted by atomic mass is 35.5. The molecule has 0 spiro atoms. The van der Waals surface area contributed by atoms with Crippen molar-refractivity contribution in [2.75, 3.05) is 46.4 Å². The van der Waals surface area contributed by atoms with Gasteiger partial charge in [0.25, 0.3) is 0 Å². The zero-order valence-corrected chi connectivity index (χ0v) is 15.6. The highest BCUT2D eigenvalue weighted by Gasteiger charge is 2.40. The normalized spacial score (nSPS) is 26.9. The molecular weight excluding hydrogens is 337 g/mol. The molecule has 0 aromatic rings. The molecule has 2 saturated heterocycles. The number of rotatable bonds is 6. The molecule has 1 amide bonds. The number of ether oxygens (including phenoxy) is 1. The third-order valence-electron chi connectivity index (χ3n) is 5.39. The lowest BCUT2D eigenvalue weighted by atomic mass is 9.78. The fourth-order valence-corrected chi connectivity index (χ4v) is 3.84. The number of amides is 1. The Kier molecular flexibility index (Phi) is 8.59. The standard InChI is InChI=1S/C16H29N3O2.2ClH/c1-21-12-16(5-7-17-8-6-16)15(20)18-10-13-4-9-19(11-13)14-2-3-14;;/h13-14,17H,2-12H2,1H3,(H,18,20);2*1H. The molecule has 3 aliphatic rings. The largest absolute Gasteiger partial charge is 0.384 e. The van der Waals surface area contributed by atoms with Gasteiger partial charge >= 0.3 is 0 Å². The van der Waals surface area contributed by atoms with Crippen LogP contribution in [-0.2, 0) is 9.53 Å². The molecule has 2 aliphatic heterocycles. The molecule has 0 aromatic carbocycles. The molecule has 1 aliphatic carbocycles. The second-order valence-corrected chi connectivity index (χ2v) is 7.05. The van der Waals surface area contributed by atoms with Crippen LogP contribution in [0.4, 0.5) is 0 Å². The predicted molar refractivity (Wildman–Crippen MR) is 96.6 cm³/mol. The third-order valence-corrected chi connectivity index (χ3v) is 5.39. The number of piperidine rings is 1. The van der Waals surface area contributed by atoms with Crippen LogP contribution in [0.15, 0.2) is 0 Å². The molecule has 0 bridgehead atoms. The van der Waals surface area contributed by atoms with Crippen molar-refractivity contribution in [3.8, 4) is 0 Å². The van der Waals surface area contributed by atoms with E-state index in [4.69, 9.17) is 4.74 Å². The Hall–Kier alpha value is -0.0700. The number of methoxy groups -OCH3 is 1. The van der Waals surface area contributed by atoms with Gasteiger partial charge in [-0.2, -0.15) is 0 Å². The number of carbonyl (C=O) groups is 1. The van der Waals surface area contributed by atoms with Crippen molar-refractivity contribution in [1.82, 2.24) is 15.5 Å². The monoisotopic (exact) mass is 367 g/mol. The van der Waals surface area contributed by atoms with E-state index in [0.29, 0.717) is 12.5 Å². The maximum absolute atomic E-state index is 12.7. The molecular formula is C16H31Cl2N3O2. The lowest BCUT2D eigenvalue weighted by molar-refractivity contribution is -0.136. The minimum absolute atomic E-state index is 0. The first-order valence-electron chi connectivity index (χ1n) is 8.45. The summed E-state index contributed by atoms with van der Waals surface area (Å²) in [5.74, 6) is 0.839. The molecule has 1 saturated carbocycles. The fraction of sp³-hybridized carbons (Fsp3) is 0.938. The Morgan fingerprint density at radius 2 is 1.96 bits per heavy atom. The third kappa shape index (κ3) is 5.20. The van der Waals surface area contributed by atoms with E-state index >= 15 is 0 Å². The Bertz CT molecular complexity index is 369. The van der Waals surface area contributed by atoms with Gasteiger partial charge in [-0.1, -0.05) is 0 Å². The molecule has 3 fully saturated rings. The van der Waals surface area contributed by atoms with E-state index in [2.05, 4.69) is 15.5 Å². The van der Waals surface area contributed by atoms with E-state index in [1.165, 1.54) is 32.4 Å². The van der Waals surface area contributed by atoms with Gasteiger partial charge in [-0.05, 0) is 57.7 Å². The maximum atomic E-state index is 12.7. The van der Waals surface area contributed by atoms with E-state index in [-0.39, 0.29) is 36.1 Å². The molecule has 136 valence electrons. The zero-order valence-electron chi connectivity index (χ0n) is 14.0. The van der Waals surface area contributed by atoms with Crippen LogP contribution in [0.2, 0.25) is 0 Å². The predicted octanol–water partition coefficient (Wildman–Crippen LogP) is 1.45. The first kappa shape index (κ1) is 21.0. The summed E-state index contributed by atoms with van der Waals surface area (Å²) in [6, 6.07) is 0.856. The van der Waals surface area contributed by atoms with Crippen molar-refractivity contribution in [3.63, 3.8) is 0 Å². The number of hydrogen-bond acceptors (Lipinski definition) is 4. The summed E-state index contributed by atoms with van der Waals surface area (Å²) in [5.41, 5.74) is -0.311. The molecule has 1 unspecified atom stereocenters. The number of hydrogen-bond donors (Lipinski definition) is 2. The molecule has 5 nitrogen and oxygen atoms in total. The Balaban J connectivity index is 0.00000132. The van der Waals surface area contributed by atoms with Crippen molar-refractivity contribution in [2.45, 2.75) is 38.1 Å². The van der Waals surface area contributed by atoms with Crippen LogP contribution in [0, 0.1) is 11.3 Å². The van der Waals surface area contributed by atoms with Gasteiger partial charge in [0.05, 0.1) is 12.0 Å². The molecule has 0 aromatic heterocycles. The smallest absolute Gasteiger partial charge is 0.228 e. The van der Waals surface area contributed by atoms with Gasteiger partial charge in [-0.15, -0.1) is 24.8 Å². The summed E-state index contributed by atoms with van der Waals surface area (Å²) in [5, 5.41) is 6.56. The van der Waals surface area contributed by atoms with E-state index in [0.717, 1.165) is 38.5 Å². The van der Waals surface area contributed by atoms with Crippen molar-refractivity contribution in [3.05, 3.63) is 0 Å². The first-order chi connectivity index (χ1) is 10.2. The highest BCUT2D eigenvalue weighted by Crippen LogP contribution is 2.32. The van der Waals surface area contributed by atoms with Gasteiger partial charge in [0.2, 0.25) is 5.91 Å². The lowest BCUT2D eigenvalue weighted by Gasteiger charge is -2.35. The summed E-state index contributed by atoms with van der Waals surface area (Å²) >= 11 is 0. The molecule has 2 N–H and O–H groups in total. The van der Waals surface area contributed by atoms with Gasteiger partial charge in [0, 0.05) is 26.2 Å². The minimum atomic E-state index is -0.311. The van der Waals surface area contributed by atoms with E-state index in [9.17, 15) is 4.79 Å². The van der Waals surface area contributed by atoms with Crippen LogP contribution in [-0.4, -0.2) is 63.3 Å². The topological polar surface area (TPSA) is 53.6 Å². The first-order valence-corrected chi connectivity index (χ1v) is 8.45. The summed E-state index contributed by atoms with van der Waals surface area (Å²) < 4.78 is 5.34. The van der Waals surface area contributed by atoms with Crippen LogP contribution in [0.1, 0.15) is 32.1 Å². The van der Waals surface area contributed by atoms with Crippen LogP contribution in [0.5, 0.6) is 0 Å². The molecule has 2 heterocycles. The van der Waals surface area contributed by atoms with Crippen molar-refractivity contribution in [1.29, 1.82) is 0 Å². The number of halogens is 2. The van der Waals surface area contributed by atoms with Gasteiger partial charge in [0.1, 0.15) is 0 Å². The maximum Gasteiger partial charge on any atom is 0.228 e. The average molecular weight is 368 g/mol. The molecule has 0 radical (unpaired) electrons. The number of nitrogens with zero attached hydrogens (tertiary/aromatic N) is 1. The van der Waals surface area contributed by atoms with Gasteiger partial charge in [0.15, 0.2) is 0 Å².